The number of piperidine rings is 1. The van der Waals surface area contributed by atoms with Crippen LogP contribution in [0, 0.1) is 16.7 Å². The molecule has 2 aliphatic rings. The number of likely N-dealkylation sites (tertiary alicyclic amines) is 1. The van der Waals surface area contributed by atoms with E-state index in [-0.39, 0.29) is 0 Å². The van der Waals surface area contributed by atoms with Crippen LogP contribution >= 0.6 is 0 Å². The molecule has 1 aliphatic heterocycles. The van der Waals surface area contributed by atoms with E-state index in [4.69, 9.17) is 0 Å². The van der Waals surface area contributed by atoms with Crippen LogP contribution < -0.4 is 5.32 Å². The largest absolute Gasteiger partial charge is 0.314 e. The number of rotatable bonds is 4. The van der Waals surface area contributed by atoms with Gasteiger partial charge in [0.25, 0.3) is 0 Å². The highest BCUT2D eigenvalue weighted by Crippen LogP contribution is 2.45. The van der Waals surface area contributed by atoms with E-state index in [0.29, 0.717) is 10.8 Å². The van der Waals surface area contributed by atoms with Crippen LogP contribution in [0.2, 0.25) is 0 Å². The third kappa shape index (κ3) is 4.73. The van der Waals surface area contributed by atoms with E-state index in [1.165, 1.54) is 58.3 Å². The average Bonchev–Trinajstić information content (AvgIpc) is 2.33. The monoisotopic (exact) mass is 280 g/mol. The first-order valence-electron chi connectivity index (χ1n) is 8.75. The van der Waals surface area contributed by atoms with Crippen molar-refractivity contribution in [2.75, 3.05) is 26.2 Å². The van der Waals surface area contributed by atoms with Crippen molar-refractivity contribution in [2.45, 2.75) is 72.8 Å². The minimum Gasteiger partial charge on any atom is -0.314 e. The molecule has 1 N–H and O–H groups in total. The summed E-state index contributed by atoms with van der Waals surface area (Å²) in [6.45, 7) is 17.2. The van der Waals surface area contributed by atoms with Gasteiger partial charge in [0.1, 0.15) is 0 Å². The van der Waals surface area contributed by atoms with Crippen LogP contribution in [0.15, 0.2) is 0 Å². The van der Waals surface area contributed by atoms with Crippen LogP contribution in [0.1, 0.15) is 66.7 Å². The summed E-state index contributed by atoms with van der Waals surface area (Å²) in [6, 6.07) is 0.734. The maximum atomic E-state index is 3.92. The molecule has 20 heavy (non-hydrogen) atoms. The Morgan fingerprint density at radius 2 is 1.55 bits per heavy atom. The Hall–Kier alpha value is -0.0800. The normalized spacial score (nSPS) is 28.6. The lowest BCUT2D eigenvalue weighted by Gasteiger charge is -2.45. The van der Waals surface area contributed by atoms with E-state index in [9.17, 15) is 0 Å². The first-order chi connectivity index (χ1) is 9.30. The highest BCUT2D eigenvalue weighted by Gasteiger charge is 2.38. The van der Waals surface area contributed by atoms with Gasteiger partial charge in [0.15, 0.2) is 0 Å². The second kappa shape index (κ2) is 6.36. The first-order valence-corrected chi connectivity index (χ1v) is 8.75. The molecule has 2 heteroatoms. The summed E-state index contributed by atoms with van der Waals surface area (Å²) in [7, 11) is 0. The van der Waals surface area contributed by atoms with E-state index in [1.807, 2.05) is 0 Å². The SMILES string of the molecule is CCN1CCC(CNC2CC(C)(C)CC(C)(C)C2)CC1. The number of hydrogen-bond donors (Lipinski definition) is 1. The number of hydrogen-bond acceptors (Lipinski definition) is 2. The molecule has 2 rings (SSSR count). The van der Waals surface area contributed by atoms with Gasteiger partial charge in [-0.15, -0.1) is 0 Å². The summed E-state index contributed by atoms with van der Waals surface area (Å²) in [5.41, 5.74) is 1.01. The Labute approximate surface area is 126 Å². The lowest BCUT2D eigenvalue weighted by Crippen LogP contribution is -2.46. The number of nitrogens with zero attached hydrogens (tertiary/aromatic N) is 1. The zero-order valence-electron chi connectivity index (χ0n) is 14.5. The van der Waals surface area contributed by atoms with Crippen molar-refractivity contribution in [3.05, 3.63) is 0 Å². The molecule has 2 nitrogen and oxygen atoms in total. The third-order valence-corrected chi connectivity index (χ3v) is 5.40. The fraction of sp³-hybridized carbons (Fsp3) is 1.00. The molecule has 0 spiro atoms. The molecule has 0 aromatic heterocycles. The van der Waals surface area contributed by atoms with Gasteiger partial charge in [0.2, 0.25) is 0 Å². The molecule has 0 bridgehead atoms. The highest BCUT2D eigenvalue weighted by molar-refractivity contribution is 4.92. The van der Waals surface area contributed by atoms with Crippen molar-refractivity contribution in [1.29, 1.82) is 0 Å². The molecule has 1 aliphatic carbocycles. The molecule has 1 heterocycles. The van der Waals surface area contributed by atoms with Crippen molar-refractivity contribution >= 4 is 0 Å². The van der Waals surface area contributed by atoms with Gasteiger partial charge in [0.05, 0.1) is 0 Å². The van der Waals surface area contributed by atoms with Crippen molar-refractivity contribution in [3.63, 3.8) is 0 Å². The maximum absolute atomic E-state index is 3.92. The van der Waals surface area contributed by atoms with E-state index in [1.54, 1.807) is 0 Å². The predicted molar refractivity (Wildman–Crippen MR) is 88.0 cm³/mol. The smallest absolute Gasteiger partial charge is 0.00773 e. The molecule has 0 radical (unpaired) electrons. The quantitative estimate of drug-likeness (QED) is 0.840. The van der Waals surface area contributed by atoms with Gasteiger partial charge in [0, 0.05) is 6.04 Å². The zero-order valence-corrected chi connectivity index (χ0v) is 14.5. The van der Waals surface area contributed by atoms with Gasteiger partial charge in [-0.25, -0.2) is 0 Å². The van der Waals surface area contributed by atoms with Crippen LogP contribution in [0.4, 0.5) is 0 Å². The molecule has 0 aromatic carbocycles. The minimum atomic E-state index is 0.505. The molecule has 2 fully saturated rings. The molecule has 0 unspecified atom stereocenters. The molecule has 0 aromatic rings. The summed E-state index contributed by atoms with van der Waals surface area (Å²) >= 11 is 0. The van der Waals surface area contributed by atoms with Gasteiger partial charge in [-0.1, -0.05) is 34.6 Å². The molecule has 1 saturated carbocycles. The molecule has 118 valence electrons. The van der Waals surface area contributed by atoms with E-state index < -0.39 is 0 Å². The Bertz CT molecular complexity index is 285. The topological polar surface area (TPSA) is 15.3 Å². The second-order valence-electron chi connectivity index (χ2n) is 8.90. The van der Waals surface area contributed by atoms with Crippen LogP contribution in [-0.4, -0.2) is 37.1 Å². The summed E-state index contributed by atoms with van der Waals surface area (Å²) in [5, 5.41) is 3.92. The second-order valence-corrected chi connectivity index (χ2v) is 8.90. The van der Waals surface area contributed by atoms with Gasteiger partial charge in [-0.3, -0.25) is 0 Å². The highest BCUT2D eigenvalue weighted by atomic mass is 15.1. The minimum absolute atomic E-state index is 0.505. The van der Waals surface area contributed by atoms with E-state index >= 15 is 0 Å². The van der Waals surface area contributed by atoms with E-state index in [0.717, 1.165) is 12.0 Å². The van der Waals surface area contributed by atoms with Crippen molar-refractivity contribution in [2.24, 2.45) is 16.7 Å². The molecule has 0 atom stereocenters. The van der Waals surface area contributed by atoms with Crippen LogP contribution in [-0.2, 0) is 0 Å². The van der Waals surface area contributed by atoms with E-state index in [2.05, 4.69) is 44.8 Å². The summed E-state index contributed by atoms with van der Waals surface area (Å²) in [4.78, 5) is 2.59. The van der Waals surface area contributed by atoms with Crippen LogP contribution in [0.25, 0.3) is 0 Å². The fourth-order valence-electron chi connectivity index (χ4n) is 4.83. The molecular formula is C18H36N2. The zero-order chi connectivity index (χ0) is 14.8. The average molecular weight is 280 g/mol. The third-order valence-electron chi connectivity index (χ3n) is 5.40. The Morgan fingerprint density at radius 3 is 2.05 bits per heavy atom. The van der Waals surface area contributed by atoms with Gasteiger partial charge in [-0.05, 0) is 75.0 Å². The Kier molecular flexibility index (Phi) is 5.18. The Morgan fingerprint density at radius 1 is 1.00 bits per heavy atom. The molecule has 1 saturated heterocycles. The van der Waals surface area contributed by atoms with Crippen LogP contribution in [0.5, 0.6) is 0 Å². The maximum Gasteiger partial charge on any atom is 0.00773 e. The summed E-state index contributed by atoms with van der Waals surface area (Å²) in [6.07, 6.45) is 6.85. The standard InChI is InChI=1S/C18H36N2/c1-6-20-9-7-15(8-10-20)13-19-16-11-17(2,3)14-18(4,5)12-16/h15-16,19H,6-14H2,1-5H3. The van der Waals surface area contributed by atoms with Crippen LogP contribution in [0.3, 0.4) is 0 Å². The fourth-order valence-corrected chi connectivity index (χ4v) is 4.83. The lowest BCUT2D eigenvalue weighted by molar-refractivity contribution is 0.0808. The molecule has 0 amide bonds. The predicted octanol–water partition coefficient (Wildman–Crippen LogP) is 3.91. The summed E-state index contributed by atoms with van der Waals surface area (Å²) < 4.78 is 0. The first kappa shape index (κ1) is 16.3. The number of nitrogens with one attached hydrogen (secondary N) is 1. The summed E-state index contributed by atoms with van der Waals surface area (Å²) in [5.74, 6) is 0.908. The lowest BCUT2D eigenvalue weighted by atomic mass is 9.63. The van der Waals surface area contributed by atoms with Gasteiger partial charge in [-0.2, -0.15) is 0 Å². The van der Waals surface area contributed by atoms with Crippen molar-refractivity contribution < 1.29 is 0 Å². The Balaban J connectivity index is 1.76. The molecular weight excluding hydrogens is 244 g/mol. The van der Waals surface area contributed by atoms with Crippen molar-refractivity contribution in [3.8, 4) is 0 Å². The van der Waals surface area contributed by atoms with Crippen molar-refractivity contribution in [1.82, 2.24) is 10.2 Å². The van der Waals surface area contributed by atoms with Gasteiger partial charge >= 0.3 is 0 Å². The van der Waals surface area contributed by atoms with Gasteiger partial charge < -0.3 is 10.2 Å².